The molecule has 0 spiro atoms. The Labute approximate surface area is 152 Å². The van der Waals surface area contributed by atoms with E-state index in [1.54, 1.807) is 12.0 Å². The van der Waals surface area contributed by atoms with Gasteiger partial charge in [0.2, 0.25) is 5.91 Å². The van der Waals surface area contributed by atoms with Crippen molar-refractivity contribution in [1.82, 2.24) is 4.90 Å². The molecule has 0 radical (unpaired) electrons. The number of hydrogen-bond donors (Lipinski definition) is 1. The summed E-state index contributed by atoms with van der Waals surface area (Å²) in [6.07, 6.45) is 1.13. The number of amides is 1. The van der Waals surface area contributed by atoms with Crippen molar-refractivity contribution in [3.8, 4) is 5.75 Å². The highest BCUT2D eigenvalue weighted by atomic mass is 16.5. The van der Waals surface area contributed by atoms with Crippen LogP contribution in [-0.4, -0.2) is 35.0 Å². The fourth-order valence-electron chi connectivity index (χ4n) is 3.90. The number of ether oxygens (including phenoxy) is 1. The first-order chi connectivity index (χ1) is 12.6. The Kier molecular flexibility index (Phi) is 4.15. The monoisotopic (exact) mass is 351 g/mol. The number of benzene rings is 2. The van der Waals surface area contributed by atoms with Crippen molar-refractivity contribution in [2.75, 3.05) is 7.11 Å². The van der Waals surface area contributed by atoms with Gasteiger partial charge in [-0.25, -0.2) is 4.79 Å². The molecule has 5 nitrogen and oxygen atoms in total. The quantitative estimate of drug-likeness (QED) is 0.920. The van der Waals surface area contributed by atoms with Gasteiger partial charge in [0.1, 0.15) is 11.8 Å². The molecule has 0 aromatic heterocycles. The molecule has 4 rings (SSSR count). The van der Waals surface area contributed by atoms with Crippen molar-refractivity contribution < 1.29 is 19.4 Å². The van der Waals surface area contributed by atoms with Gasteiger partial charge in [0, 0.05) is 18.9 Å². The molecule has 3 atom stereocenters. The molecule has 1 heterocycles. The average Bonchev–Trinajstić information content (AvgIpc) is 3.47. The predicted octanol–water partition coefficient (Wildman–Crippen LogP) is 2.84. The summed E-state index contributed by atoms with van der Waals surface area (Å²) in [4.78, 5) is 26.4. The summed E-state index contributed by atoms with van der Waals surface area (Å²) in [5, 5.41) is 9.63. The Morgan fingerprint density at radius 2 is 1.88 bits per heavy atom. The zero-order valence-corrected chi connectivity index (χ0v) is 14.6. The molecule has 0 unspecified atom stereocenters. The first-order valence-corrected chi connectivity index (χ1v) is 8.82. The second kappa shape index (κ2) is 6.48. The Morgan fingerprint density at radius 1 is 1.12 bits per heavy atom. The van der Waals surface area contributed by atoms with Gasteiger partial charge < -0.3 is 14.7 Å². The Hall–Kier alpha value is -2.82. The first-order valence-electron chi connectivity index (χ1n) is 8.82. The van der Waals surface area contributed by atoms with Crippen molar-refractivity contribution in [3.05, 3.63) is 65.2 Å². The smallest absolute Gasteiger partial charge is 0.326 e. The van der Waals surface area contributed by atoms with Gasteiger partial charge in [-0.15, -0.1) is 0 Å². The molecule has 0 bridgehead atoms. The van der Waals surface area contributed by atoms with Crippen LogP contribution in [0.15, 0.2) is 48.5 Å². The molecule has 1 amide bonds. The van der Waals surface area contributed by atoms with Gasteiger partial charge in [-0.3, -0.25) is 4.79 Å². The molecule has 5 heteroatoms. The molecule has 2 aliphatic rings. The molecule has 1 N–H and O–H groups in total. The lowest BCUT2D eigenvalue weighted by Gasteiger charge is -2.34. The Bertz CT molecular complexity index is 863. The van der Waals surface area contributed by atoms with Crippen molar-refractivity contribution in [1.29, 1.82) is 0 Å². The Balaban J connectivity index is 1.55. The lowest BCUT2D eigenvalue weighted by Crippen LogP contribution is -2.49. The lowest BCUT2D eigenvalue weighted by molar-refractivity contribution is -0.152. The topological polar surface area (TPSA) is 66.8 Å². The van der Waals surface area contributed by atoms with Gasteiger partial charge in [0.15, 0.2) is 0 Å². The summed E-state index contributed by atoms with van der Waals surface area (Å²) in [6, 6.07) is 14.7. The maximum atomic E-state index is 13.1. The summed E-state index contributed by atoms with van der Waals surface area (Å²) in [6.45, 7) is 0.368. The van der Waals surface area contributed by atoms with Gasteiger partial charge >= 0.3 is 5.97 Å². The second-order valence-electron chi connectivity index (χ2n) is 7.02. The fraction of sp³-hybridized carbons (Fsp3) is 0.333. The van der Waals surface area contributed by atoms with Crippen LogP contribution in [0.2, 0.25) is 0 Å². The number of carbonyl (C=O) groups excluding carboxylic acids is 1. The van der Waals surface area contributed by atoms with Crippen molar-refractivity contribution in [3.63, 3.8) is 0 Å². The van der Waals surface area contributed by atoms with E-state index in [4.69, 9.17) is 4.74 Å². The van der Waals surface area contributed by atoms with Crippen LogP contribution in [0, 0.1) is 5.92 Å². The highest BCUT2D eigenvalue weighted by Crippen LogP contribution is 2.49. The number of carboxylic acids is 1. The third-order valence-corrected chi connectivity index (χ3v) is 5.45. The van der Waals surface area contributed by atoms with E-state index in [1.807, 2.05) is 48.5 Å². The molecule has 26 heavy (non-hydrogen) atoms. The molecular formula is C21H21NO4. The van der Waals surface area contributed by atoms with E-state index in [9.17, 15) is 14.7 Å². The number of rotatable bonds is 4. The van der Waals surface area contributed by atoms with Gasteiger partial charge in [-0.2, -0.15) is 0 Å². The normalized spacial score (nSPS) is 23.9. The molecule has 2 aromatic carbocycles. The molecule has 1 aliphatic heterocycles. The molecule has 2 aromatic rings. The van der Waals surface area contributed by atoms with Crippen LogP contribution >= 0.6 is 0 Å². The molecular weight excluding hydrogens is 330 g/mol. The van der Waals surface area contributed by atoms with Crippen LogP contribution in [0.4, 0.5) is 0 Å². The predicted molar refractivity (Wildman–Crippen MR) is 96.0 cm³/mol. The summed E-state index contributed by atoms with van der Waals surface area (Å²) in [5.74, 6) is -0.222. The van der Waals surface area contributed by atoms with Crippen LogP contribution in [0.5, 0.6) is 5.75 Å². The van der Waals surface area contributed by atoms with E-state index in [0.29, 0.717) is 13.0 Å². The zero-order chi connectivity index (χ0) is 18.3. The average molecular weight is 351 g/mol. The number of fused-ring (bicyclic) bond motifs is 1. The number of hydrogen-bond acceptors (Lipinski definition) is 3. The van der Waals surface area contributed by atoms with E-state index in [2.05, 4.69) is 0 Å². The standard InChI is InChI=1S/C21H21NO4/c1-26-16-8-4-7-14(9-16)17-11-18(17)20(23)22-12-15-6-3-2-5-13(15)10-19(22)21(24)25/h2-9,17-19H,10-12H2,1H3,(H,24,25)/t17-,18+,19+/m0/s1. The molecule has 134 valence electrons. The minimum atomic E-state index is -0.938. The molecule has 1 saturated carbocycles. The van der Waals surface area contributed by atoms with Crippen LogP contribution in [-0.2, 0) is 22.6 Å². The molecule has 0 saturated heterocycles. The third-order valence-electron chi connectivity index (χ3n) is 5.45. The molecule has 1 aliphatic carbocycles. The number of nitrogens with zero attached hydrogens (tertiary/aromatic N) is 1. The van der Waals surface area contributed by atoms with Crippen molar-refractivity contribution in [2.24, 2.45) is 5.92 Å². The highest BCUT2D eigenvalue weighted by Gasteiger charge is 2.48. The van der Waals surface area contributed by atoms with E-state index in [-0.39, 0.29) is 17.7 Å². The number of aliphatic carboxylic acids is 1. The summed E-state index contributed by atoms with van der Waals surface area (Å²) < 4.78 is 5.26. The third kappa shape index (κ3) is 2.94. The van der Waals surface area contributed by atoms with Gasteiger partial charge in [-0.1, -0.05) is 36.4 Å². The summed E-state index contributed by atoms with van der Waals surface area (Å²) >= 11 is 0. The SMILES string of the molecule is COc1cccc([C@@H]2C[C@H]2C(=O)N2Cc3ccccc3C[C@@H]2C(=O)O)c1. The van der Waals surface area contributed by atoms with Gasteiger partial charge in [0.05, 0.1) is 7.11 Å². The van der Waals surface area contributed by atoms with Crippen LogP contribution in [0.25, 0.3) is 0 Å². The van der Waals surface area contributed by atoms with Crippen molar-refractivity contribution >= 4 is 11.9 Å². The number of methoxy groups -OCH3 is 1. The van der Waals surface area contributed by atoms with E-state index < -0.39 is 12.0 Å². The van der Waals surface area contributed by atoms with Crippen LogP contribution in [0.3, 0.4) is 0 Å². The fourth-order valence-corrected chi connectivity index (χ4v) is 3.90. The summed E-state index contributed by atoms with van der Waals surface area (Å²) in [7, 11) is 1.62. The number of carboxylic acid groups (broad SMARTS) is 1. The maximum absolute atomic E-state index is 13.1. The van der Waals surface area contributed by atoms with Gasteiger partial charge in [0.25, 0.3) is 0 Å². The van der Waals surface area contributed by atoms with E-state index >= 15 is 0 Å². The van der Waals surface area contributed by atoms with Crippen LogP contribution in [0.1, 0.15) is 29.0 Å². The summed E-state index contributed by atoms with van der Waals surface area (Å²) in [5.41, 5.74) is 3.13. The first kappa shape index (κ1) is 16.6. The highest BCUT2D eigenvalue weighted by molar-refractivity contribution is 5.88. The molecule has 1 fully saturated rings. The minimum absolute atomic E-state index is 0.0558. The largest absolute Gasteiger partial charge is 0.497 e. The minimum Gasteiger partial charge on any atom is -0.497 e. The maximum Gasteiger partial charge on any atom is 0.326 e. The van der Waals surface area contributed by atoms with Crippen LogP contribution < -0.4 is 4.74 Å². The van der Waals surface area contributed by atoms with Crippen molar-refractivity contribution in [2.45, 2.75) is 31.3 Å². The van der Waals surface area contributed by atoms with Gasteiger partial charge in [-0.05, 0) is 41.2 Å². The lowest BCUT2D eigenvalue weighted by atomic mass is 9.93. The Morgan fingerprint density at radius 3 is 2.62 bits per heavy atom. The van der Waals surface area contributed by atoms with E-state index in [0.717, 1.165) is 28.9 Å². The second-order valence-corrected chi connectivity index (χ2v) is 7.02. The van der Waals surface area contributed by atoms with E-state index in [1.165, 1.54) is 0 Å². The number of carbonyl (C=O) groups is 2. The zero-order valence-electron chi connectivity index (χ0n) is 14.6.